The zero-order valence-electron chi connectivity index (χ0n) is 9.07. The summed E-state index contributed by atoms with van der Waals surface area (Å²) in [5, 5.41) is 6.59. The van der Waals surface area contributed by atoms with Gasteiger partial charge in [-0.05, 0) is 6.42 Å². The van der Waals surface area contributed by atoms with Crippen LogP contribution >= 0.6 is 0 Å². The minimum atomic E-state index is -0.219. The zero-order valence-corrected chi connectivity index (χ0v) is 9.07. The van der Waals surface area contributed by atoms with E-state index in [-0.39, 0.29) is 6.03 Å². The number of nitrogen functional groups attached to an aromatic ring is 1. The third-order valence-corrected chi connectivity index (χ3v) is 2.12. The molecule has 1 heterocycles. The van der Waals surface area contributed by atoms with E-state index in [0.717, 1.165) is 12.8 Å². The first-order valence-corrected chi connectivity index (χ1v) is 5.33. The van der Waals surface area contributed by atoms with Gasteiger partial charge in [0, 0.05) is 18.8 Å². The number of nitrogens with one attached hydrogen (secondary N) is 1. The number of carbonyl (C=O) groups excluding carboxylic acids is 1. The summed E-state index contributed by atoms with van der Waals surface area (Å²) in [5.74, 6) is 0.358. The molecule has 0 aromatic carbocycles. The van der Waals surface area contributed by atoms with E-state index in [0.29, 0.717) is 12.4 Å². The number of hydrogen-bond acceptors (Lipinski definition) is 3. The molecule has 0 saturated carbocycles. The molecule has 0 aliphatic rings. The van der Waals surface area contributed by atoms with Gasteiger partial charge in [0.15, 0.2) is 0 Å². The third-order valence-electron chi connectivity index (χ3n) is 2.12. The molecular formula is C10H18N4O. The molecule has 84 valence electrons. The van der Waals surface area contributed by atoms with Crippen LogP contribution in [0.2, 0.25) is 0 Å². The van der Waals surface area contributed by atoms with Crippen LogP contribution < -0.4 is 11.1 Å². The Kier molecular flexibility index (Phi) is 4.66. The van der Waals surface area contributed by atoms with E-state index in [4.69, 9.17) is 5.73 Å². The molecule has 5 nitrogen and oxygen atoms in total. The Hall–Kier alpha value is -1.52. The number of amides is 1. The van der Waals surface area contributed by atoms with Gasteiger partial charge >= 0.3 is 6.03 Å². The molecule has 0 spiro atoms. The molecular weight excluding hydrogens is 192 g/mol. The average Bonchev–Trinajstić information content (AvgIpc) is 2.64. The van der Waals surface area contributed by atoms with Crippen molar-refractivity contribution in [3.63, 3.8) is 0 Å². The summed E-state index contributed by atoms with van der Waals surface area (Å²) < 4.78 is 1.22. The highest BCUT2D eigenvalue weighted by Gasteiger charge is 2.03. The van der Waals surface area contributed by atoms with E-state index in [1.165, 1.54) is 17.5 Å². The summed E-state index contributed by atoms with van der Waals surface area (Å²) in [4.78, 5) is 11.4. The van der Waals surface area contributed by atoms with Gasteiger partial charge in [0.25, 0.3) is 0 Å². The second-order valence-corrected chi connectivity index (χ2v) is 3.48. The van der Waals surface area contributed by atoms with Crippen molar-refractivity contribution >= 4 is 11.8 Å². The van der Waals surface area contributed by atoms with E-state index < -0.39 is 0 Å². The van der Waals surface area contributed by atoms with Gasteiger partial charge in [0.05, 0.1) is 0 Å². The lowest BCUT2D eigenvalue weighted by Gasteiger charge is -2.03. The second kappa shape index (κ2) is 6.06. The van der Waals surface area contributed by atoms with Crippen molar-refractivity contribution in [2.75, 3.05) is 12.3 Å². The van der Waals surface area contributed by atoms with Crippen molar-refractivity contribution in [1.29, 1.82) is 0 Å². The van der Waals surface area contributed by atoms with Crippen molar-refractivity contribution < 1.29 is 4.79 Å². The van der Waals surface area contributed by atoms with E-state index >= 15 is 0 Å². The summed E-state index contributed by atoms with van der Waals surface area (Å²) in [5.41, 5.74) is 5.40. The minimum absolute atomic E-state index is 0.219. The maximum Gasteiger partial charge on any atom is 0.342 e. The summed E-state index contributed by atoms with van der Waals surface area (Å²) in [6.45, 7) is 2.85. The molecule has 1 rings (SSSR count). The van der Waals surface area contributed by atoms with Crippen LogP contribution in [-0.2, 0) is 0 Å². The van der Waals surface area contributed by atoms with Crippen LogP contribution in [-0.4, -0.2) is 22.4 Å². The van der Waals surface area contributed by atoms with Gasteiger partial charge in [-0.25, -0.2) is 4.79 Å². The fraction of sp³-hybridized carbons (Fsp3) is 0.600. The number of rotatable bonds is 5. The predicted octanol–water partition coefficient (Wildman–Crippen LogP) is 1.60. The Balaban J connectivity index is 2.19. The lowest BCUT2D eigenvalue weighted by molar-refractivity contribution is 0.239. The first-order chi connectivity index (χ1) is 7.24. The number of unbranched alkanes of at least 4 members (excludes halogenated alkanes) is 3. The number of nitrogens with zero attached hydrogens (tertiary/aromatic N) is 2. The first-order valence-electron chi connectivity index (χ1n) is 5.33. The Morgan fingerprint density at radius 2 is 2.33 bits per heavy atom. The summed E-state index contributed by atoms with van der Waals surface area (Å²) in [6.07, 6.45) is 6.12. The lowest BCUT2D eigenvalue weighted by atomic mass is 10.2. The SMILES string of the molecule is CCCCCCNC(=O)n1ccc(N)n1. The Labute approximate surface area is 89.6 Å². The van der Waals surface area contributed by atoms with Crippen LogP contribution in [0.1, 0.15) is 32.6 Å². The second-order valence-electron chi connectivity index (χ2n) is 3.48. The lowest BCUT2D eigenvalue weighted by Crippen LogP contribution is -2.29. The molecule has 1 amide bonds. The average molecular weight is 210 g/mol. The maximum absolute atomic E-state index is 11.4. The monoisotopic (exact) mass is 210 g/mol. The van der Waals surface area contributed by atoms with Crippen LogP contribution in [0.15, 0.2) is 12.3 Å². The predicted molar refractivity (Wildman–Crippen MR) is 59.6 cm³/mol. The van der Waals surface area contributed by atoms with Crippen molar-refractivity contribution in [2.24, 2.45) is 0 Å². The van der Waals surface area contributed by atoms with Gasteiger partial charge in [-0.3, -0.25) is 0 Å². The highest BCUT2D eigenvalue weighted by atomic mass is 16.2. The number of hydrogen-bond donors (Lipinski definition) is 2. The molecule has 0 radical (unpaired) electrons. The number of anilines is 1. The zero-order chi connectivity index (χ0) is 11.1. The van der Waals surface area contributed by atoms with Crippen molar-refractivity contribution in [3.05, 3.63) is 12.3 Å². The summed E-state index contributed by atoms with van der Waals surface area (Å²) in [6, 6.07) is 1.37. The molecule has 1 aromatic heterocycles. The number of carbonyl (C=O) groups is 1. The largest absolute Gasteiger partial charge is 0.382 e. The van der Waals surface area contributed by atoms with Crippen LogP contribution in [0, 0.1) is 0 Å². The van der Waals surface area contributed by atoms with Crippen LogP contribution in [0.25, 0.3) is 0 Å². The first kappa shape index (κ1) is 11.6. The summed E-state index contributed by atoms with van der Waals surface area (Å²) in [7, 11) is 0. The Morgan fingerprint density at radius 1 is 1.53 bits per heavy atom. The van der Waals surface area contributed by atoms with E-state index in [2.05, 4.69) is 17.3 Å². The number of aromatic nitrogens is 2. The fourth-order valence-electron chi connectivity index (χ4n) is 1.28. The minimum Gasteiger partial charge on any atom is -0.382 e. The Morgan fingerprint density at radius 3 is 2.93 bits per heavy atom. The molecule has 0 aliphatic carbocycles. The van der Waals surface area contributed by atoms with Gasteiger partial charge in [-0.1, -0.05) is 26.2 Å². The van der Waals surface area contributed by atoms with Gasteiger partial charge in [0.2, 0.25) is 0 Å². The summed E-state index contributed by atoms with van der Waals surface area (Å²) >= 11 is 0. The highest BCUT2D eigenvalue weighted by molar-refractivity contribution is 5.75. The molecule has 0 saturated heterocycles. The maximum atomic E-state index is 11.4. The smallest absolute Gasteiger partial charge is 0.342 e. The molecule has 5 heteroatoms. The van der Waals surface area contributed by atoms with Gasteiger partial charge in [-0.15, -0.1) is 5.10 Å². The van der Waals surface area contributed by atoms with Crippen LogP contribution in [0.3, 0.4) is 0 Å². The van der Waals surface area contributed by atoms with Gasteiger partial charge in [-0.2, -0.15) is 4.68 Å². The van der Waals surface area contributed by atoms with E-state index in [9.17, 15) is 4.79 Å². The standard InChI is InChI=1S/C10H18N4O/c1-2-3-4-5-7-12-10(15)14-8-6-9(11)13-14/h6,8H,2-5,7H2,1H3,(H2,11,13)(H,12,15). The highest BCUT2D eigenvalue weighted by Crippen LogP contribution is 1.98. The molecule has 15 heavy (non-hydrogen) atoms. The molecule has 0 fully saturated rings. The molecule has 1 aromatic rings. The van der Waals surface area contributed by atoms with Crippen LogP contribution in [0.5, 0.6) is 0 Å². The van der Waals surface area contributed by atoms with Crippen LogP contribution in [0.4, 0.5) is 10.6 Å². The molecule has 0 bridgehead atoms. The van der Waals surface area contributed by atoms with Crippen molar-refractivity contribution in [3.8, 4) is 0 Å². The quantitative estimate of drug-likeness (QED) is 0.725. The number of nitrogens with two attached hydrogens (primary N) is 1. The third kappa shape index (κ3) is 4.01. The fourth-order valence-corrected chi connectivity index (χ4v) is 1.28. The van der Waals surface area contributed by atoms with Gasteiger partial charge in [0.1, 0.15) is 5.82 Å². The van der Waals surface area contributed by atoms with Crippen molar-refractivity contribution in [1.82, 2.24) is 15.1 Å². The molecule has 0 aliphatic heterocycles. The molecule has 3 N–H and O–H groups in total. The Bertz CT molecular complexity index is 308. The molecule has 0 atom stereocenters. The molecule has 0 unspecified atom stereocenters. The normalized spacial score (nSPS) is 10.2. The van der Waals surface area contributed by atoms with Crippen molar-refractivity contribution in [2.45, 2.75) is 32.6 Å². The van der Waals surface area contributed by atoms with E-state index in [1.807, 2.05) is 0 Å². The van der Waals surface area contributed by atoms with E-state index in [1.54, 1.807) is 12.3 Å². The van der Waals surface area contributed by atoms with Gasteiger partial charge < -0.3 is 11.1 Å². The topological polar surface area (TPSA) is 72.9 Å².